The van der Waals surface area contributed by atoms with Crippen LogP contribution in [-0.2, 0) is 19.6 Å². The Morgan fingerprint density at radius 1 is 1.27 bits per heavy atom. The fraction of sp³-hybridized carbons (Fsp3) is 0.118. The number of fused-ring (bicyclic) bond motifs is 1. The zero-order chi connectivity index (χ0) is 21.3. The van der Waals surface area contributed by atoms with Crippen molar-refractivity contribution < 1.29 is 37.0 Å². The van der Waals surface area contributed by atoms with Crippen LogP contribution in [0.3, 0.4) is 0 Å². The van der Waals surface area contributed by atoms with Crippen LogP contribution in [0.1, 0.15) is 5.56 Å². The van der Waals surface area contributed by atoms with Gasteiger partial charge in [-0.2, -0.15) is 8.42 Å². The quantitative estimate of drug-likeness (QED) is 0.531. The molecule has 0 unspecified atom stereocenters. The Kier molecular flexibility index (Phi) is 5.40. The SMILES string of the molecule is COC(=O)Oc1sccc1S(=O)(=O)N=C1NC(=O)C(=Cc2ccc3c(c2)OCO3)S1. The molecule has 1 saturated heterocycles. The maximum Gasteiger partial charge on any atom is 0.514 e. The summed E-state index contributed by atoms with van der Waals surface area (Å²) in [6.45, 7) is 0.128. The van der Waals surface area contributed by atoms with Crippen LogP contribution in [0.5, 0.6) is 16.6 Å². The molecule has 0 saturated carbocycles. The summed E-state index contributed by atoms with van der Waals surface area (Å²) >= 11 is 1.76. The number of hydrogen-bond acceptors (Lipinski definition) is 10. The second-order valence-corrected chi connectivity index (χ2v) is 9.16. The third-order valence-corrected chi connectivity index (χ3v) is 7.01. The zero-order valence-electron chi connectivity index (χ0n) is 15.1. The van der Waals surface area contributed by atoms with Crippen molar-refractivity contribution >= 4 is 56.4 Å². The number of hydrogen-bond donors (Lipinski definition) is 1. The minimum atomic E-state index is -4.25. The fourth-order valence-corrected chi connectivity index (χ4v) is 5.61. The predicted molar refractivity (Wildman–Crippen MR) is 108 cm³/mol. The molecule has 1 aromatic heterocycles. The summed E-state index contributed by atoms with van der Waals surface area (Å²) in [7, 11) is -3.15. The first-order chi connectivity index (χ1) is 14.4. The molecule has 1 aromatic carbocycles. The fourth-order valence-electron chi connectivity index (χ4n) is 2.45. The van der Waals surface area contributed by atoms with Gasteiger partial charge in [-0.05, 0) is 47.0 Å². The van der Waals surface area contributed by atoms with Crippen LogP contribution in [0.2, 0.25) is 0 Å². The van der Waals surface area contributed by atoms with E-state index in [0.717, 1.165) is 30.2 Å². The van der Waals surface area contributed by atoms with Crippen molar-refractivity contribution in [2.75, 3.05) is 13.9 Å². The van der Waals surface area contributed by atoms with E-state index in [4.69, 9.17) is 14.2 Å². The van der Waals surface area contributed by atoms with Gasteiger partial charge in [0.25, 0.3) is 15.9 Å². The first-order valence-electron chi connectivity index (χ1n) is 8.14. The van der Waals surface area contributed by atoms with Crippen LogP contribution >= 0.6 is 23.1 Å². The normalized spacial score (nSPS) is 18.0. The van der Waals surface area contributed by atoms with E-state index in [2.05, 4.69) is 14.5 Å². The zero-order valence-corrected chi connectivity index (χ0v) is 17.6. The number of amides is 1. The van der Waals surface area contributed by atoms with E-state index < -0.39 is 22.1 Å². The number of benzene rings is 1. The van der Waals surface area contributed by atoms with Crippen molar-refractivity contribution in [1.29, 1.82) is 0 Å². The molecule has 1 amide bonds. The van der Waals surface area contributed by atoms with Gasteiger partial charge in [0.05, 0.1) is 12.0 Å². The molecule has 0 spiro atoms. The van der Waals surface area contributed by atoms with Gasteiger partial charge in [0.15, 0.2) is 16.7 Å². The number of methoxy groups -OCH3 is 1. The van der Waals surface area contributed by atoms with E-state index in [0.29, 0.717) is 17.1 Å². The minimum Gasteiger partial charge on any atom is -0.454 e. The maximum atomic E-state index is 12.6. The van der Waals surface area contributed by atoms with Gasteiger partial charge >= 0.3 is 6.16 Å². The number of ether oxygens (including phenoxy) is 4. The Morgan fingerprint density at radius 3 is 2.87 bits per heavy atom. The van der Waals surface area contributed by atoms with Gasteiger partial charge < -0.3 is 18.9 Å². The lowest BCUT2D eigenvalue weighted by molar-refractivity contribution is -0.115. The third-order valence-electron chi connectivity index (χ3n) is 3.76. The molecule has 30 heavy (non-hydrogen) atoms. The molecule has 10 nitrogen and oxygen atoms in total. The van der Waals surface area contributed by atoms with Crippen molar-refractivity contribution in [3.63, 3.8) is 0 Å². The molecule has 3 heterocycles. The van der Waals surface area contributed by atoms with Crippen LogP contribution < -0.4 is 19.5 Å². The smallest absolute Gasteiger partial charge is 0.454 e. The number of carbonyl (C=O) groups is 2. The molecule has 2 aromatic rings. The van der Waals surface area contributed by atoms with Gasteiger partial charge in [0.1, 0.15) is 4.90 Å². The first kappa shape index (κ1) is 20.3. The van der Waals surface area contributed by atoms with E-state index in [1.165, 1.54) is 11.4 Å². The highest BCUT2D eigenvalue weighted by Crippen LogP contribution is 2.36. The molecule has 2 aliphatic rings. The number of thiophene rings is 1. The number of sulfonamides is 1. The number of carbonyl (C=O) groups excluding carboxylic acids is 2. The molecular weight excluding hydrogens is 456 g/mol. The average Bonchev–Trinajstić information content (AvgIpc) is 3.42. The van der Waals surface area contributed by atoms with Crippen molar-refractivity contribution in [2.45, 2.75) is 4.90 Å². The maximum absolute atomic E-state index is 12.6. The molecular formula is C17H12N2O8S3. The van der Waals surface area contributed by atoms with Gasteiger partial charge in [-0.1, -0.05) is 6.07 Å². The first-order valence-corrected chi connectivity index (χ1v) is 11.3. The molecule has 4 rings (SSSR count). The van der Waals surface area contributed by atoms with Crippen LogP contribution in [0.15, 0.2) is 43.8 Å². The van der Waals surface area contributed by atoms with Crippen LogP contribution in [0.4, 0.5) is 4.79 Å². The standard InChI is InChI=1S/C17H12N2O8S3/c1-24-17(21)27-15-13(4-5-28-15)30(22,23)19-16-18-14(20)12(29-16)7-9-2-3-10-11(6-9)26-8-25-10/h2-7H,8H2,1H3,(H,18,19,20). The largest absolute Gasteiger partial charge is 0.514 e. The second kappa shape index (κ2) is 8.01. The third kappa shape index (κ3) is 4.13. The van der Waals surface area contributed by atoms with E-state index in [1.807, 2.05) is 0 Å². The summed E-state index contributed by atoms with van der Waals surface area (Å²) in [6, 6.07) is 6.40. The molecule has 0 bridgehead atoms. The summed E-state index contributed by atoms with van der Waals surface area (Å²) in [5, 5.41) is 3.53. The van der Waals surface area contributed by atoms with Gasteiger partial charge in [0, 0.05) is 0 Å². The van der Waals surface area contributed by atoms with Crippen LogP contribution in [0, 0.1) is 0 Å². The van der Waals surface area contributed by atoms with Gasteiger partial charge in [-0.15, -0.1) is 15.7 Å². The topological polar surface area (TPSA) is 130 Å². The summed E-state index contributed by atoms with van der Waals surface area (Å²) in [4.78, 5) is 23.4. The Morgan fingerprint density at radius 2 is 2.07 bits per heavy atom. The van der Waals surface area contributed by atoms with Gasteiger partial charge in [-0.25, -0.2) is 4.79 Å². The van der Waals surface area contributed by atoms with Crippen molar-refractivity contribution in [2.24, 2.45) is 4.40 Å². The molecule has 1 fully saturated rings. The van der Waals surface area contributed by atoms with Crippen LogP contribution in [0.25, 0.3) is 6.08 Å². The van der Waals surface area contributed by atoms with Gasteiger partial charge in [-0.3, -0.25) is 10.1 Å². The van der Waals surface area contributed by atoms with E-state index >= 15 is 0 Å². The van der Waals surface area contributed by atoms with E-state index in [1.54, 1.807) is 24.3 Å². The number of amidine groups is 1. The number of thioether (sulfide) groups is 1. The molecule has 1 N–H and O–H groups in total. The molecule has 2 aliphatic heterocycles. The van der Waals surface area contributed by atoms with Crippen molar-refractivity contribution in [3.05, 3.63) is 40.1 Å². The summed E-state index contributed by atoms with van der Waals surface area (Å²) in [5.41, 5.74) is 0.674. The van der Waals surface area contributed by atoms with E-state index in [-0.39, 0.29) is 26.8 Å². The number of nitrogens with one attached hydrogen (secondary N) is 1. The Hall–Kier alpha value is -3.03. The predicted octanol–water partition coefficient (Wildman–Crippen LogP) is 2.57. The monoisotopic (exact) mass is 468 g/mol. The molecule has 0 radical (unpaired) electrons. The summed E-state index contributed by atoms with van der Waals surface area (Å²) in [5.74, 6) is 0.664. The van der Waals surface area contributed by atoms with Gasteiger partial charge in [0.2, 0.25) is 11.9 Å². The Labute approximate surface area is 178 Å². The average molecular weight is 468 g/mol. The molecule has 0 atom stereocenters. The highest BCUT2D eigenvalue weighted by molar-refractivity contribution is 8.19. The minimum absolute atomic E-state index is 0.123. The highest BCUT2D eigenvalue weighted by Gasteiger charge is 2.29. The van der Waals surface area contributed by atoms with E-state index in [9.17, 15) is 18.0 Å². The van der Waals surface area contributed by atoms with Crippen LogP contribution in [-0.4, -0.2) is 39.6 Å². The number of nitrogens with zero attached hydrogens (tertiary/aromatic N) is 1. The highest BCUT2D eigenvalue weighted by atomic mass is 32.2. The summed E-state index contributed by atoms with van der Waals surface area (Å²) < 4.78 is 48.6. The summed E-state index contributed by atoms with van der Waals surface area (Å²) in [6.07, 6.45) is 0.520. The second-order valence-electron chi connectivity index (χ2n) is 5.68. The lowest BCUT2D eigenvalue weighted by atomic mass is 10.2. The lowest BCUT2D eigenvalue weighted by Crippen LogP contribution is -2.21. The Bertz CT molecular complexity index is 1200. The molecule has 156 valence electrons. The molecule has 0 aliphatic carbocycles. The molecule has 13 heteroatoms. The van der Waals surface area contributed by atoms with Crippen molar-refractivity contribution in [1.82, 2.24) is 5.32 Å². The lowest BCUT2D eigenvalue weighted by Gasteiger charge is -2.02. The van der Waals surface area contributed by atoms with Crippen molar-refractivity contribution in [3.8, 4) is 16.6 Å². The number of rotatable bonds is 4. The Balaban J connectivity index is 1.56.